The largest absolute Gasteiger partial charge is 0.492 e. The molecule has 1 saturated heterocycles. The molecule has 1 unspecified atom stereocenters. The predicted molar refractivity (Wildman–Crippen MR) is 86.5 cm³/mol. The van der Waals surface area contributed by atoms with Crippen LogP contribution in [-0.4, -0.2) is 50.4 Å². The van der Waals surface area contributed by atoms with Gasteiger partial charge in [-0.05, 0) is 38.0 Å². The van der Waals surface area contributed by atoms with Gasteiger partial charge < -0.3 is 9.64 Å². The van der Waals surface area contributed by atoms with Crippen LogP contribution in [0.15, 0.2) is 12.1 Å². The fourth-order valence-electron chi connectivity index (χ4n) is 2.59. The first-order chi connectivity index (χ1) is 10.2. The lowest BCUT2D eigenvalue weighted by molar-refractivity contribution is 0.0747. The Morgan fingerprint density at radius 1 is 1.45 bits per heavy atom. The maximum atomic E-state index is 12.6. The van der Waals surface area contributed by atoms with Gasteiger partial charge >= 0.3 is 0 Å². The zero-order valence-corrected chi connectivity index (χ0v) is 14.5. The van der Waals surface area contributed by atoms with Crippen LogP contribution in [0, 0.1) is 6.92 Å². The lowest BCUT2D eigenvalue weighted by atomic mass is 10.1. The maximum absolute atomic E-state index is 12.6. The van der Waals surface area contributed by atoms with E-state index in [0.717, 1.165) is 5.56 Å². The second kappa shape index (κ2) is 6.46. The first-order valence-corrected chi connectivity index (χ1v) is 9.35. The van der Waals surface area contributed by atoms with Crippen LogP contribution >= 0.6 is 11.6 Å². The van der Waals surface area contributed by atoms with Gasteiger partial charge in [0.2, 0.25) is 0 Å². The van der Waals surface area contributed by atoms with Gasteiger partial charge in [0.25, 0.3) is 5.91 Å². The highest BCUT2D eigenvalue weighted by Gasteiger charge is 2.33. The second-order valence-corrected chi connectivity index (χ2v) is 8.14. The number of amides is 1. The van der Waals surface area contributed by atoms with Gasteiger partial charge in [-0.15, -0.1) is 0 Å². The van der Waals surface area contributed by atoms with Gasteiger partial charge in [-0.3, -0.25) is 4.79 Å². The second-order valence-electron chi connectivity index (χ2n) is 5.50. The van der Waals surface area contributed by atoms with Crippen LogP contribution in [0.4, 0.5) is 0 Å². The van der Waals surface area contributed by atoms with Crippen molar-refractivity contribution in [2.75, 3.05) is 25.2 Å². The molecule has 1 aromatic rings. The summed E-state index contributed by atoms with van der Waals surface area (Å²) in [5.41, 5.74) is 1.23. The Morgan fingerprint density at radius 3 is 2.68 bits per heavy atom. The molecule has 0 N–H and O–H groups in total. The molecule has 1 heterocycles. The number of benzene rings is 1. The molecule has 0 spiro atoms. The third-order valence-electron chi connectivity index (χ3n) is 3.89. The van der Waals surface area contributed by atoms with E-state index < -0.39 is 9.84 Å². The molecule has 1 aromatic carbocycles. The van der Waals surface area contributed by atoms with E-state index in [-0.39, 0.29) is 23.5 Å². The molecule has 2 rings (SSSR count). The van der Waals surface area contributed by atoms with Crippen molar-refractivity contribution in [3.63, 3.8) is 0 Å². The molecule has 0 aromatic heterocycles. The Kier molecular flexibility index (Phi) is 5.02. The fourth-order valence-corrected chi connectivity index (χ4v) is 4.58. The first kappa shape index (κ1) is 17.1. The summed E-state index contributed by atoms with van der Waals surface area (Å²) < 4.78 is 28.5. The van der Waals surface area contributed by atoms with Gasteiger partial charge in [0.05, 0.1) is 23.1 Å². The highest BCUT2D eigenvalue weighted by Crippen LogP contribution is 2.29. The minimum absolute atomic E-state index is 0.0268. The van der Waals surface area contributed by atoms with Gasteiger partial charge in [0.1, 0.15) is 5.75 Å². The zero-order valence-electron chi connectivity index (χ0n) is 12.9. The number of nitrogens with zero attached hydrogens (tertiary/aromatic N) is 1. The van der Waals surface area contributed by atoms with E-state index >= 15 is 0 Å². The van der Waals surface area contributed by atoms with Crippen molar-refractivity contribution >= 4 is 27.3 Å². The highest BCUT2D eigenvalue weighted by atomic mass is 35.5. The number of carbonyl (C=O) groups excluding carboxylic acids is 1. The molecule has 122 valence electrons. The van der Waals surface area contributed by atoms with E-state index in [1.807, 2.05) is 13.8 Å². The summed E-state index contributed by atoms with van der Waals surface area (Å²) in [6, 6.07) is 3.05. The summed E-state index contributed by atoms with van der Waals surface area (Å²) in [4.78, 5) is 14.1. The number of carbonyl (C=O) groups is 1. The lowest BCUT2D eigenvalue weighted by Crippen LogP contribution is -2.38. The third-order valence-corrected chi connectivity index (χ3v) is 5.93. The molecule has 0 saturated carbocycles. The summed E-state index contributed by atoms with van der Waals surface area (Å²) in [5.74, 6) is 0.492. The number of halogens is 1. The highest BCUT2D eigenvalue weighted by molar-refractivity contribution is 7.91. The van der Waals surface area contributed by atoms with Crippen LogP contribution in [0.5, 0.6) is 5.75 Å². The Morgan fingerprint density at radius 2 is 2.14 bits per heavy atom. The maximum Gasteiger partial charge on any atom is 0.254 e. The van der Waals surface area contributed by atoms with Gasteiger partial charge in [0.15, 0.2) is 9.84 Å². The molecule has 5 nitrogen and oxygen atoms in total. The number of rotatable bonds is 4. The van der Waals surface area contributed by atoms with Crippen molar-refractivity contribution in [3.8, 4) is 5.75 Å². The monoisotopic (exact) mass is 345 g/mol. The average molecular weight is 346 g/mol. The van der Waals surface area contributed by atoms with Crippen LogP contribution in [-0.2, 0) is 9.84 Å². The molecule has 1 aliphatic heterocycles. The van der Waals surface area contributed by atoms with Crippen molar-refractivity contribution in [2.45, 2.75) is 26.3 Å². The molecule has 1 aliphatic rings. The normalized spacial score (nSPS) is 19.9. The molecule has 0 radical (unpaired) electrons. The van der Waals surface area contributed by atoms with E-state index in [4.69, 9.17) is 16.3 Å². The fraction of sp³-hybridized carbons (Fsp3) is 0.533. The summed E-state index contributed by atoms with van der Waals surface area (Å²) in [6.07, 6.45) is 0.481. The standard InChI is InChI=1S/C15H20ClNO4S/c1-4-21-14-7-10(2)12(8-13(14)16)15(18)17(3)11-5-6-22(19,20)9-11/h7-8,11H,4-6,9H2,1-3H3. The molecular formula is C15H20ClNO4S. The summed E-state index contributed by atoms with van der Waals surface area (Å²) in [7, 11) is -1.39. The topological polar surface area (TPSA) is 63.7 Å². The predicted octanol–water partition coefficient (Wildman–Crippen LogP) is 2.31. The summed E-state index contributed by atoms with van der Waals surface area (Å²) in [6.45, 7) is 4.16. The van der Waals surface area contributed by atoms with E-state index in [9.17, 15) is 13.2 Å². The van der Waals surface area contributed by atoms with Crippen molar-refractivity contribution in [2.24, 2.45) is 0 Å². The summed E-state index contributed by atoms with van der Waals surface area (Å²) >= 11 is 6.14. The van der Waals surface area contributed by atoms with Crippen LogP contribution in [0.2, 0.25) is 5.02 Å². The zero-order chi connectivity index (χ0) is 16.5. The summed E-state index contributed by atoms with van der Waals surface area (Å²) in [5, 5.41) is 0.378. The Balaban J connectivity index is 2.24. The quantitative estimate of drug-likeness (QED) is 0.840. The molecule has 7 heteroatoms. The van der Waals surface area contributed by atoms with Gasteiger partial charge in [-0.25, -0.2) is 8.42 Å². The first-order valence-electron chi connectivity index (χ1n) is 7.15. The van der Waals surface area contributed by atoms with Crippen LogP contribution < -0.4 is 4.74 Å². The third kappa shape index (κ3) is 3.55. The minimum Gasteiger partial charge on any atom is -0.492 e. The number of ether oxygens (including phenoxy) is 1. The van der Waals surface area contributed by atoms with Crippen LogP contribution in [0.3, 0.4) is 0 Å². The number of hydrogen-bond donors (Lipinski definition) is 0. The lowest BCUT2D eigenvalue weighted by Gasteiger charge is -2.24. The molecule has 22 heavy (non-hydrogen) atoms. The van der Waals surface area contributed by atoms with E-state index in [1.54, 1.807) is 19.2 Å². The number of aryl methyl sites for hydroxylation is 1. The van der Waals surface area contributed by atoms with E-state index in [0.29, 0.717) is 29.4 Å². The SMILES string of the molecule is CCOc1cc(C)c(C(=O)N(C)C2CCS(=O)(=O)C2)cc1Cl. The smallest absolute Gasteiger partial charge is 0.254 e. The van der Waals surface area contributed by atoms with E-state index in [2.05, 4.69) is 0 Å². The van der Waals surface area contributed by atoms with Crippen molar-refractivity contribution in [1.82, 2.24) is 4.90 Å². The van der Waals surface area contributed by atoms with Gasteiger partial charge in [-0.2, -0.15) is 0 Å². The van der Waals surface area contributed by atoms with Crippen molar-refractivity contribution in [3.05, 3.63) is 28.3 Å². The molecule has 1 fully saturated rings. The molecule has 0 aliphatic carbocycles. The molecule has 0 bridgehead atoms. The number of sulfone groups is 1. The van der Waals surface area contributed by atoms with E-state index in [1.165, 1.54) is 4.90 Å². The molecular weight excluding hydrogens is 326 g/mol. The Labute approximate surface area is 136 Å². The average Bonchev–Trinajstić information content (AvgIpc) is 2.81. The van der Waals surface area contributed by atoms with Gasteiger partial charge in [0, 0.05) is 18.7 Å². The van der Waals surface area contributed by atoms with Gasteiger partial charge in [-0.1, -0.05) is 11.6 Å². The van der Waals surface area contributed by atoms with Crippen LogP contribution in [0.25, 0.3) is 0 Å². The van der Waals surface area contributed by atoms with Crippen molar-refractivity contribution < 1.29 is 17.9 Å². The Hall–Kier alpha value is -1.27. The number of hydrogen-bond acceptors (Lipinski definition) is 4. The molecule has 1 atom stereocenters. The van der Waals surface area contributed by atoms with Crippen LogP contribution in [0.1, 0.15) is 29.3 Å². The van der Waals surface area contributed by atoms with Crippen molar-refractivity contribution in [1.29, 1.82) is 0 Å². The molecule has 1 amide bonds. The minimum atomic E-state index is -3.03. The Bertz CT molecular complexity index is 687.